The summed E-state index contributed by atoms with van der Waals surface area (Å²) in [6, 6.07) is 3.41. The Kier molecular flexibility index (Phi) is 8.16. The fourth-order valence-electron chi connectivity index (χ4n) is 5.20. The molecule has 0 saturated carbocycles. The second-order valence-corrected chi connectivity index (χ2v) is 11.5. The summed E-state index contributed by atoms with van der Waals surface area (Å²) >= 11 is 13.4. The van der Waals surface area contributed by atoms with Crippen molar-refractivity contribution >= 4 is 40.8 Å². The minimum atomic E-state index is -0.906. The van der Waals surface area contributed by atoms with Crippen LogP contribution >= 0.6 is 35.0 Å². The van der Waals surface area contributed by atoms with Gasteiger partial charge in [-0.15, -0.1) is 5.10 Å². The minimum Gasteiger partial charge on any atom is -0.388 e. The third-order valence-corrected chi connectivity index (χ3v) is 8.85. The Morgan fingerprint density at radius 1 is 1.12 bits per heavy atom. The zero-order valence-corrected chi connectivity index (χ0v) is 23.5. The number of benzene rings is 1. The average Bonchev–Trinajstić information content (AvgIpc) is 3.58. The zero-order valence-electron chi connectivity index (χ0n) is 21.1. The molecule has 214 valence electrons. The first-order valence-electron chi connectivity index (χ1n) is 12.5. The molecule has 3 fully saturated rings. The number of fused-ring (bicyclic) bond motifs is 1. The number of halogens is 4. The van der Waals surface area contributed by atoms with Gasteiger partial charge in [0.05, 0.1) is 35.9 Å². The highest BCUT2D eigenvalue weighted by Crippen LogP contribution is 2.45. The largest absolute Gasteiger partial charge is 0.388 e. The van der Waals surface area contributed by atoms with Crippen molar-refractivity contribution in [2.75, 3.05) is 44.9 Å². The van der Waals surface area contributed by atoms with Gasteiger partial charge < -0.3 is 29.0 Å². The van der Waals surface area contributed by atoms with Gasteiger partial charge in [0.1, 0.15) is 64.1 Å². The molecule has 1 N–H and O–H groups in total. The highest BCUT2D eigenvalue weighted by molar-refractivity contribution is 8.00. The van der Waals surface area contributed by atoms with E-state index in [1.165, 1.54) is 16.4 Å². The maximum atomic E-state index is 14.1. The van der Waals surface area contributed by atoms with E-state index in [-0.39, 0.29) is 17.9 Å². The number of morpholine rings is 1. The third-order valence-electron chi connectivity index (χ3n) is 7.12. The van der Waals surface area contributed by atoms with E-state index in [1.54, 1.807) is 19.5 Å². The molecule has 3 aromatic rings. The van der Waals surface area contributed by atoms with E-state index in [1.807, 2.05) is 6.07 Å². The molecule has 10 nitrogen and oxygen atoms in total. The number of pyridine rings is 1. The van der Waals surface area contributed by atoms with Crippen molar-refractivity contribution in [2.24, 2.45) is 0 Å². The first-order valence-corrected chi connectivity index (χ1v) is 14.2. The van der Waals surface area contributed by atoms with Crippen molar-refractivity contribution in [3.63, 3.8) is 0 Å². The Morgan fingerprint density at radius 3 is 2.60 bits per heavy atom. The van der Waals surface area contributed by atoms with Crippen molar-refractivity contribution < 1.29 is 32.8 Å². The van der Waals surface area contributed by atoms with Crippen LogP contribution in [0.5, 0.6) is 0 Å². The molecule has 3 saturated heterocycles. The van der Waals surface area contributed by atoms with E-state index in [0.29, 0.717) is 31.3 Å². The van der Waals surface area contributed by atoms with Crippen LogP contribution in [0.15, 0.2) is 35.5 Å². The van der Waals surface area contributed by atoms with Gasteiger partial charge in [-0.05, 0) is 18.2 Å². The lowest BCUT2D eigenvalue weighted by molar-refractivity contribution is -0.170. The average molecular weight is 616 g/mol. The Morgan fingerprint density at radius 2 is 1.88 bits per heavy atom. The molecule has 0 bridgehead atoms. The standard InChI is InChI=1S/C25H25Cl2F2N5O5S/c1-36-23-20(34-10-16(31-32-34)12-6-14(28)19(27)15(29)7-12)22-21(17(35)11-38-22)39-25(23)40-18-8-13(26)9-30-24(18)33-2-4-37-5-3-33/h6-10,17,20-23,25,35H,2-5,11H2,1H3/t17?,20?,21?,22-,23?,25-/m1/s1. The van der Waals surface area contributed by atoms with Gasteiger partial charge in [-0.2, -0.15) is 0 Å². The summed E-state index contributed by atoms with van der Waals surface area (Å²) in [6.45, 7) is 2.58. The number of hydrogen-bond donors (Lipinski definition) is 1. The van der Waals surface area contributed by atoms with Gasteiger partial charge >= 0.3 is 0 Å². The van der Waals surface area contributed by atoms with E-state index in [4.69, 9.17) is 42.1 Å². The van der Waals surface area contributed by atoms with Crippen LogP contribution < -0.4 is 4.90 Å². The number of nitrogens with zero attached hydrogens (tertiary/aromatic N) is 5. The number of hydrogen-bond acceptors (Lipinski definition) is 10. The van der Waals surface area contributed by atoms with Crippen molar-refractivity contribution in [1.29, 1.82) is 0 Å². The van der Waals surface area contributed by atoms with Crippen LogP contribution in [0.4, 0.5) is 14.6 Å². The monoisotopic (exact) mass is 615 g/mol. The molecule has 0 amide bonds. The van der Waals surface area contributed by atoms with Crippen molar-refractivity contribution in [2.45, 2.75) is 40.8 Å². The van der Waals surface area contributed by atoms with Crippen LogP contribution in [0.25, 0.3) is 11.3 Å². The van der Waals surface area contributed by atoms with E-state index < -0.39 is 52.6 Å². The van der Waals surface area contributed by atoms with Gasteiger partial charge in [-0.3, -0.25) is 0 Å². The zero-order chi connectivity index (χ0) is 28.0. The molecule has 5 heterocycles. The van der Waals surface area contributed by atoms with Gasteiger partial charge in [0.15, 0.2) is 0 Å². The van der Waals surface area contributed by atoms with Crippen molar-refractivity contribution in [3.8, 4) is 11.3 Å². The van der Waals surface area contributed by atoms with Gasteiger partial charge in [0.25, 0.3) is 0 Å². The Labute approximate surface area is 242 Å². The van der Waals surface area contributed by atoms with E-state index in [0.717, 1.165) is 22.8 Å². The molecule has 1 aromatic carbocycles. The maximum absolute atomic E-state index is 14.1. The van der Waals surface area contributed by atoms with E-state index in [2.05, 4.69) is 20.2 Å². The lowest BCUT2D eigenvalue weighted by Crippen LogP contribution is -2.55. The molecule has 6 atom stereocenters. The molecule has 0 radical (unpaired) electrons. The van der Waals surface area contributed by atoms with Gasteiger partial charge in [-0.25, -0.2) is 18.4 Å². The molecular formula is C25H25Cl2F2N5O5S. The smallest absolute Gasteiger partial charge is 0.145 e. The molecule has 0 aliphatic carbocycles. The molecule has 6 rings (SSSR count). The number of aromatic nitrogens is 4. The summed E-state index contributed by atoms with van der Waals surface area (Å²) in [5.74, 6) is -1.07. The fraction of sp³-hybridized carbons (Fsp3) is 0.480. The molecule has 0 spiro atoms. The highest BCUT2D eigenvalue weighted by Gasteiger charge is 2.54. The molecule has 2 aromatic heterocycles. The van der Waals surface area contributed by atoms with Crippen LogP contribution in [0.3, 0.4) is 0 Å². The first-order chi connectivity index (χ1) is 19.3. The number of ether oxygens (including phenoxy) is 4. The van der Waals surface area contributed by atoms with Crippen LogP contribution in [0.1, 0.15) is 6.04 Å². The quantitative estimate of drug-likeness (QED) is 0.414. The maximum Gasteiger partial charge on any atom is 0.145 e. The van der Waals surface area contributed by atoms with Crippen LogP contribution in [0, 0.1) is 11.6 Å². The van der Waals surface area contributed by atoms with Gasteiger partial charge in [0.2, 0.25) is 0 Å². The number of aliphatic hydroxyl groups is 1. The van der Waals surface area contributed by atoms with Crippen molar-refractivity contribution in [3.05, 3.63) is 52.3 Å². The minimum absolute atomic E-state index is 0.0621. The number of anilines is 1. The third kappa shape index (κ3) is 5.29. The van der Waals surface area contributed by atoms with Gasteiger partial charge in [-0.1, -0.05) is 40.2 Å². The number of rotatable bonds is 6. The molecule has 3 aliphatic heterocycles. The summed E-state index contributed by atoms with van der Waals surface area (Å²) in [5, 5.41) is 19.0. The fourth-order valence-corrected chi connectivity index (χ4v) is 6.86. The van der Waals surface area contributed by atoms with E-state index in [9.17, 15) is 13.9 Å². The molecular weight excluding hydrogens is 591 g/mol. The summed E-state index contributed by atoms with van der Waals surface area (Å²) in [5.41, 5.74) is -0.240. The SMILES string of the molecule is COC1C(n2cc(-c3cc(F)c(Cl)c(F)c3)nn2)[C@H]2OCC(O)C2O[C@@H]1Sc1cc(Cl)cnc1N1CCOCC1. The molecule has 4 unspecified atom stereocenters. The number of thioether (sulfide) groups is 1. The normalized spacial score (nSPS) is 28.6. The second-order valence-electron chi connectivity index (χ2n) is 9.56. The summed E-state index contributed by atoms with van der Waals surface area (Å²) in [4.78, 5) is 7.48. The second kappa shape index (κ2) is 11.6. The Bertz CT molecular complexity index is 1360. The summed E-state index contributed by atoms with van der Waals surface area (Å²) in [6.07, 6.45) is 0.316. The van der Waals surface area contributed by atoms with Gasteiger partial charge in [0, 0.05) is 32.0 Å². The molecule has 40 heavy (non-hydrogen) atoms. The van der Waals surface area contributed by atoms with Crippen LogP contribution in [0.2, 0.25) is 10.0 Å². The predicted octanol–water partition coefficient (Wildman–Crippen LogP) is 3.59. The molecule has 15 heteroatoms. The molecule has 3 aliphatic rings. The van der Waals surface area contributed by atoms with E-state index >= 15 is 0 Å². The van der Waals surface area contributed by atoms with Crippen molar-refractivity contribution in [1.82, 2.24) is 20.0 Å². The lowest BCUT2D eigenvalue weighted by atomic mass is 9.96. The topological polar surface area (TPSA) is 104 Å². The summed E-state index contributed by atoms with van der Waals surface area (Å²) < 4.78 is 53.5. The number of methoxy groups -OCH3 is 1. The first kappa shape index (κ1) is 28.0. The lowest BCUT2D eigenvalue weighted by Gasteiger charge is -2.43. The number of aliphatic hydroxyl groups excluding tert-OH is 1. The highest BCUT2D eigenvalue weighted by atomic mass is 35.5. The van der Waals surface area contributed by atoms with Crippen LogP contribution in [-0.4, -0.2) is 95.0 Å². The Hall–Kier alpha value is -2.10. The van der Waals surface area contributed by atoms with Crippen LogP contribution in [-0.2, 0) is 18.9 Å². The summed E-state index contributed by atoms with van der Waals surface area (Å²) in [7, 11) is 1.54. The predicted molar refractivity (Wildman–Crippen MR) is 143 cm³/mol. The Balaban J connectivity index is 1.34.